The minimum absolute atomic E-state index is 0.0180. The molecule has 4 aliphatic rings. The number of aryl methyl sites for hydroxylation is 1. The Morgan fingerprint density at radius 2 is 1.17 bits per heavy atom. The first-order valence-electron chi connectivity index (χ1n) is 21.7. The summed E-state index contributed by atoms with van der Waals surface area (Å²) < 4.78 is 166. The van der Waals surface area contributed by atoms with E-state index in [1.807, 2.05) is 20.8 Å². The highest BCUT2D eigenvalue weighted by molar-refractivity contribution is 6.29. The van der Waals surface area contributed by atoms with E-state index in [2.05, 4.69) is 15.0 Å². The van der Waals surface area contributed by atoms with E-state index in [0.717, 1.165) is 0 Å². The standard InChI is InChI=1S/C49H42F12N6O2/c1-8-32-22(4)34-17-38-39(25(7)62-18-26-9-28(46(50,51)52)13-29(10-26)47(53,54)55)23(5)35(64-38)15-33-20(2)21(3)42(65-33)41-43-40(24(6)36(66-43)16-37(32)63-34)44(68)67(45(41)69)19-27-11-30(48(56,57)58)14-31(12-27)49(59,60)61/h9-17,20-22,32,63,66H,8,18-19H2,1-7H3/t20-,21-,22+,32+/m0/s1. The van der Waals surface area contributed by atoms with Crippen molar-refractivity contribution in [3.05, 3.63) is 139 Å². The smallest absolute Gasteiger partial charge is 0.362 e. The average Bonchev–Trinajstić information content (AvgIpc) is 3.93. The van der Waals surface area contributed by atoms with Gasteiger partial charge in [-0.05, 0) is 104 Å². The quantitative estimate of drug-likeness (QED) is 0.114. The Hall–Kier alpha value is -6.47. The molecule has 6 heterocycles. The molecule has 2 aromatic carbocycles. The van der Waals surface area contributed by atoms with Gasteiger partial charge in [-0.1, -0.05) is 27.7 Å². The summed E-state index contributed by atoms with van der Waals surface area (Å²) in [5.41, 5.74) is -2.54. The molecule has 0 saturated carbocycles. The maximum atomic E-state index is 14.8. The Kier molecular flexibility index (Phi) is 12.0. The molecule has 2 N–H and O–H groups in total. The summed E-state index contributed by atoms with van der Waals surface area (Å²) >= 11 is 0. The maximum Gasteiger partial charge on any atom is 0.416 e. The van der Waals surface area contributed by atoms with E-state index in [-0.39, 0.29) is 57.6 Å². The van der Waals surface area contributed by atoms with Crippen molar-refractivity contribution in [2.75, 3.05) is 0 Å². The molecule has 0 aliphatic carbocycles. The largest absolute Gasteiger partial charge is 0.416 e. The zero-order valence-corrected chi connectivity index (χ0v) is 37.8. The number of allylic oxidation sites excluding steroid dienone is 2. The second-order valence-corrected chi connectivity index (χ2v) is 17.9. The van der Waals surface area contributed by atoms with Gasteiger partial charge >= 0.3 is 24.7 Å². The van der Waals surface area contributed by atoms with Crippen LogP contribution in [-0.2, 0) is 37.8 Å². The van der Waals surface area contributed by atoms with Crippen LogP contribution in [0, 0.1) is 6.92 Å². The van der Waals surface area contributed by atoms with Crippen LogP contribution in [0.5, 0.6) is 0 Å². The molecule has 364 valence electrons. The minimum Gasteiger partial charge on any atom is -0.362 e. The lowest BCUT2D eigenvalue weighted by Gasteiger charge is -2.27. The number of hydrogen-bond donors (Lipinski definition) is 2. The Morgan fingerprint density at radius 3 is 1.71 bits per heavy atom. The summed E-state index contributed by atoms with van der Waals surface area (Å²) in [4.78, 5) is 50.9. The summed E-state index contributed by atoms with van der Waals surface area (Å²) in [6.07, 6.45) is -19.9. The average molecular weight is 975 g/mol. The van der Waals surface area contributed by atoms with Crippen molar-refractivity contribution >= 4 is 39.7 Å². The van der Waals surface area contributed by atoms with Gasteiger partial charge in [0.2, 0.25) is 0 Å². The normalized spacial score (nSPS) is 19.8. The summed E-state index contributed by atoms with van der Waals surface area (Å²) in [6, 6.07) is 7.37. The Bertz CT molecular complexity index is 3030. The molecular formula is C49H42F12N6O2. The first-order chi connectivity index (χ1) is 32.0. The van der Waals surface area contributed by atoms with E-state index >= 15 is 0 Å². The Balaban J connectivity index is 1.35. The lowest BCUT2D eigenvalue weighted by Crippen LogP contribution is -2.40. The van der Waals surface area contributed by atoms with Gasteiger partial charge in [0.25, 0.3) is 11.8 Å². The summed E-state index contributed by atoms with van der Waals surface area (Å²) in [6.45, 7) is 10.9. The molecule has 2 amide bonds. The molecule has 4 atom stereocenters. The highest BCUT2D eigenvalue weighted by atomic mass is 19.4. The molecule has 0 radical (unpaired) electrons. The lowest BCUT2D eigenvalue weighted by atomic mass is 9.88. The van der Waals surface area contributed by atoms with Crippen LogP contribution in [0.15, 0.2) is 59.6 Å². The van der Waals surface area contributed by atoms with Crippen LogP contribution in [0.3, 0.4) is 0 Å². The Labute approximate surface area is 386 Å². The molecule has 8 nitrogen and oxygen atoms in total. The second-order valence-electron chi connectivity index (χ2n) is 17.9. The monoisotopic (exact) mass is 974 g/mol. The van der Waals surface area contributed by atoms with Crippen LogP contribution in [-0.4, -0.2) is 42.4 Å². The fraction of sp³-hybridized carbons (Fsp3) is 0.367. The van der Waals surface area contributed by atoms with Crippen molar-refractivity contribution in [1.82, 2.24) is 24.8 Å². The fourth-order valence-electron chi connectivity index (χ4n) is 9.52. The third-order valence-electron chi connectivity index (χ3n) is 13.5. The van der Waals surface area contributed by atoms with Crippen LogP contribution >= 0.6 is 0 Å². The van der Waals surface area contributed by atoms with Gasteiger partial charge in [-0.3, -0.25) is 24.5 Å². The number of hydrogen-bond acceptors (Lipinski definition) is 5. The number of carbonyl (C=O) groups excluding carboxylic acids is 2. The first kappa shape index (κ1) is 49.0. The van der Waals surface area contributed by atoms with E-state index < -0.39 is 89.3 Å². The number of rotatable bonds is 6. The van der Waals surface area contributed by atoms with Crippen LogP contribution in [0.2, 0.25) is 0 Å². The number of carbonyl (C=O) groups is 2. The number of H-pyrrole nitrogens is 2. The summed E-state index contributed by atoms with van der Waals surface area (Å²) in [5, 5.41) is 0. The van der Waals surface area contributed by atoms with Crippen molar-refractivity contribution in [3.8, 4) is 0 Å². The molecule has 2 aromatic heterocycles. The van der Waals surface area contributed by atoms with Gasteiger partial charge in [-0.25, -0.2) is 4.98 Å². The van der Waals surface area contributed by atoms with E-state index in [4.69, 9.17) is 9.97 Å². The molecule has 4 aliphatic heterocycles. The topological polar surface area (TPSA) is 107 Å². The van der Waals surface area contributed by atoms with Crippen molar-refractivity contribution in [1.29, 1.82) is 0 Å². The number of imide groups is 1. The number of aromatic amines is 2. The molecule has 0 unspecified atom stereocenters. The van der Waals surface area contributed by atoms with Gasteiger partial charge in [-0.2, -0.15) is 52.7 Å². The fourth-order valence-corrected chi connectivity index (χ4v) is 9.52. The molecule has 8 bridgehead atoms. The molecule has 8 rings (SSSR count). The predicted molar refractivity (Wildman–Crippen MR) is 232 cm³/mol. The molecule has 20 heteroatoms. The zero-order chi connectivity index (χ0) is 50.6. The number of fused-ring (bicyclic) bond motifs is 8. The van der Waals surface area contributed by atoms with Gasteiger partial charge in [0.1, 0.15) is 0 Å². The first-order valence-corrected chi connectivity index (χ1v) is 21.7. The molecular weight excluding hydrogens is 933 g/mol. The van der Waals surface area contributed by atoms with Crippen LogP contribution < -0.4 is 0 Å². The molecule has 0 spiro atoms. The second kappa shape index (κ2) is 16.9. The van der Waals surface area contributed by atoms with Gasteiger partial charge in [0, 0.05) is 57.6 Å². The number of aliphatic imine (C=N–C) groups is 1. The number of nitrogens with one attached hydrogen (secondary N) is 2. The van der Waals surface area contributed by atoms with E-state index in [1.165, 1.54) is 0 Å². The lowest BCUT2D eigenvalue weighted by molar-refractivity contribution is -0.144. The maximum absolute atomic E-state index is 14.8. The third-order valence-corrected chi connectivity index (χ3v) is 13.5. The van der Waals surface area contributed by atoms with E-state index in [9.17, 15) is 62.3 Å². The molecule has 0 fully saturated rings. The van der Waals surface area contributed by atoms with Crippen LogP contribution in [0.4, 0.5) is 52.7 Å². The van der Waals surface area contributed by atoms with Gasteiger partial charge < -0.3 is 9.97 Å². The number of aromatic nitrogens is 4. The number of amides is 2. The Morgan fingerprint density at radius 1 is 0.638 bits per heavy atom. The predicted octanol–water partition coefficient (Wildman–Crippen LogP) is 14.0. The summed E-state index contributed by atoms with van der Waals surface area (Å²) in [7, 11) is 0. The minimum atomic E-state index is -5.19. The highest BCUT2D eigenvalue weighted by Gasteiger charge is 2.43. The molecule has 0 saturated heterocycles. The SMILES string of the molecule is CC[C@H]1c2cc3[nH]c4c(c5nc(cc6nc(cc([nH]2)[C@@H]1C)C(C(C)=NCc1cc(C(F)(F)F)cc(C(F)(F)F)c1)=C6C)[C@@H](C)[C@@H]5C)C(=O)N(Cc1cc(C(F)(F)F)cc(C(F)(F)F)c1)C(=O)c4c3C. The zero-order valence-electron chi connectivity index (χ0n) is 37.8. The number of halogens is 12. The third kappa shape index (κ3) is 8.90. The van der Waals surface area contributed by atoms with Gasteiger partial charge in [0.15, 0.2) is 0 Å². The van der Waals surface area contributed by atoms with Gasteiger partial charge in [0.05, 0.1) is 69.1 Å². The van der Waals surface area contributed by atoms with Crippen molar-refractivity contribution < 1.29 is 62.3 Å². The van der Waals surface area contributed by atoms with Crippen molar-refractivity contribution in [3.63, 3.8) is 0 Å². The van der Waals surface area contributed by atoms with E-state index in [0.29, 0.717) is 86.3 Å². The van der Waals surface area contributed by atoms with Crippen molar-refractivity contribution in [2.24, 2.45) is 4.99 Å². The summed E-state index contributed by atoms with van der Waals surface area (Å²) in [5.74, 6) is -3.35. The number of benzene rings is 2. The van der Waals surface area contributed by atoms with Gasteiger partial charge in [-0.15, -0.1) is 0 Å². The van der Waals surface area contributed by atoms with E-state index in [1.54, 1.807) is 45.9 Å². The highest BCUT2D eigenvalue weighted by Crippen LogP contribution is 2.45. The molecule has 69 heavy (non-hydrogen) atoms. The van der Waals surface area contributed by atoms with Crippen molar-refractivity contribution in [2.45, 2.75) is 116 Å². The number of nitrogens with zero attached hydrogens (tertiary/aromatic N) is 4. The van der Waals surface area contributed by atoms with Crippen LogP contribution in [0.1, 0.15) is 165 Å². The molecule has 4 aromatic rings. The van der Waals surface area contributed by atoms with Crippen LogP contribution in [0.25, 0.3) is 22.2 Å². The number of alkyl halides is 12.